The first kappa shape index (κ1) is 20.0. The average Bonchev–Trinajstić information content (AvgIpc) is 3.17. The van der Waals surface area contributed by atoms with Crippen molar-refractivity contribution in [2.45, 2.75) is 25.5 Å². The summed E-state index contributed by atoms with van der Waals surface area (Å²) in [5.41, 5.74) is 1.82. The lowest BCUT2D eigenvalue weighted by molar-refractivity contribution is -0.127. The Labute approximate surface area is 178 Å². The summed E-state index contributed by atoms with van der Waals surface area (Å²) in [6, 6.07) is 13.4. The summed E-state index contributed by atoms with van der Waals surface area (Å²) in [6.07, 6.45) is 3.59. The molecular formula is C21H24BrN5O2. The third-order valence-electron chi connectivity index (χ3n) is 5.13. The molecule has 0 unspecified atom stereocenters. The molecule has 2 aromatic heterocycles. The number of ether oxygens (including phenoxy) is 1. The van der Waals surface area contributed by atoms with Gasteiger partial charge in [0.25, 0.3) is 0 Å². The quantitative estimate of drug-likeness (QED) is 0.569. The Morgan fingerprint density at radius 3 is 2.79 bits per heavy atom. The van der Waals surface area contributed by atoms with Gasteiger partial charge in [0.15, 0.2) is 11.5 Å². The number of fused-ring (bicyclic) bond motifs is 1. The Morgan fingerprint density at radius 2 is 2.00 bits per heavy atom. The SMILES string of the molecule is O=C(N[C@H](COCc1ccccc1)c1nnc2ccc(Br)cn12)C1CCNCC1. The van der Waals surface area contributed by atoms with Gasteiger partial charge in [0, 0.05) is 16.6 Å². The minimum absolute atomic E-state index is 0.0128. The van der Waals surface area contributed by atoms with Crippen LogP contribution in [0, 0.1) is 5.92 Å². The Hall–Kier alpha value is -2.29. The Kier molecular flexibility index (Phi) is 6.53. The van der Waals surface area contributed by atoms with Crippen molar-refractivity contribution in [2.75, 3.05) is 19.7 Å². The number of piperidine rings is 1. The van der Waals surface area contributed by atoms with Crippen LogP contribution in [0.5, 0.6) is 0 Å². The molecule has 0 saturated carbocycles. The second kappa shape index (κ2) is 9.47. The van der Waals surface area contributed by atoms with Crippen LogP contribution in [-0.4, -0.2) is 40.2 Å². The van der Waals surface area contributed by atoms with Crippen LogP contribution < -0.4 is 10.6 Å². The maximum Gasteiger partial charge on any atom is 0.223 e. The molecule has 1 fully saturated rings. The van der Waals surface area contributed by atoms with E-state index in [2.05, 4.69) is 36.8 Å². The van der Waals surface area contributed by atoms with Gasteiger partial charge in [-0.25, -0.2) is 0 Å². The molecule has 0 bridgehead atoms. The fourth-order valence-corrected chi connectivity index (χ4v) is 3.88. The van der Waals surface area contributed by atoms with E-state index < -0.39 is 0 Å². The molecule has 2 N–H and O–H groups in total. The molecule has 1 amide bonds. The van der Waals surface area contributed by atoms with E-state index >= 15 is 0 Å². The van der Waals surface area contributed by atoms with Crippen LogP contribution in [0.3, 0.4) is 0 Å². The number of halogens is 1. The predicted molar refractivity (Wildman–Crippen MR) is 113 cm³/mol. The zero-order valence-corrected chi connectivity index (χ0v) is 17.6. The number of benzene rings is 1. The summed E-state index contributed by atoms with van der Waals surface area (Å²) in [5, 5.41) is 15.0. The van der Waals surface area contributed by atoms with Crippen molar-refractivity contribution in [3.05, 3.63) is 64.5 Å². The fraction of sp³-hybridized carbons (Fsp3) is 0.381. The van der Waals surface area contributed by atoms with Crippen LogP contribution in [-0.2, 0) is 16.1 Å². The molecule has 7 nitrogen and oxygen atoms in total. The molecule has 152 valence electrons. The lowest BCUT2D eigenvalue weighted by Gasteiger charge is -2.25. The molecule has 0 aliphatic carbocycles. The first-order valence-electron chi connectivity index (χ1n) is 9.83. The van der Waals surface area contributed by atoms with E-state index in [1.54, 1.807) is 0 Å². The van der Waals surface area contributed by atoms with Crippen LogP contribution in [0.2, 0.25) is 0 Å². The van der Waals surface area contributed by atoms with Gasteiger partial charge < -0.3 is 15.4 Å². The highest BCUT2D eigenvalue weighted by Gasteiger charge is 2.26. The number of nitrogens with zero attached hydrogens (tertiary/aromatic N) is 3. The number of nitrogens with one attached hydrogen (secondary N) is 2. The first-order valence-corrected chi connectivity index (χ1v) is 10.6. The van der Waals surface area contributed by atoms with Crippen LogP contribution in [0.1, 0.15) is 30.3 Å². The second-order valence-electron chi connectivity index (χ2n) is 7.22. The van der Waals surface area contributed by atoms with Crippen LogP contribution in [0.4, 0.5) is 0 Å². The van der Waals surface area contributed by atoms with E-state index in [1.807, 2.05) is 53.1 Å². The molecule has 1 atom stereocenters. The van der Waals surface area contributed by atoms with Crippen molar-refractivity contribution in [3.8, 4) is 0 Å². The van der Waals surface area contributed by atoms with E-state index in [0.717, 1.165) is 41.6 Å². The highest BCUT2D eigenvalue weighted by Crippen LogP contribution is 2.20. The van der Waals surface area contributed by atoms with Gasteiger partial charge in [-0.05, 0) is 59.6 Å². The molecule has 1 saturated heterocycles. The summed E-state index contributed by atoms with van der Waals surface area (Å²) >= 11 is 3.50. The number of rotatable bonds is 7. The third kappa shape index (κ3) is 5.01. The first-order chi connectivity index (χ1) is 14.2. The van der Waals surface area contributed by atoms with Gasteiger partial charge in [-0.2, -0.15) is 0 Å². The van der Waals surface area contributed by atoms with Crippen molar-refractivity contribution in [1.82, 2.24) is 25.2 Å². The largest absolute Gasteiger partial charge is 0.374 e. The number of aromatic nitrogens is 3. The molecule has 8 heteroatoms. The Bertz CT molecular complexity index is 956. The summed E-state index contributed by atoms with van der Waals surface area (Å²) in [4.78, 5) is 12.9. The van der Waals surface area contributed by atoms with Gasteiger partial charge in [-0.15, -0.1) is 10.2 Å². The van der Waals surface area contributed by atoms with E-state index in [1.165, 1.54) is 0 Å². The van der Waals surface area contributed by atoms with Crippen molar-refractivity contribution in [3.63, 3.8) is 0 Å². The molecule has 0 spiro atoms. The molecule has 3 aromatic rings. The minimum Gasteiger partial charge on any atom is -0.374 e. The highest BCUT2D eigenvalue weighted by atomic mass is 79.9. The monoisotopic (exact) mass is 457 g/mol. The molecular weight excluding hydrogens is 434 g/mol. The molecule has 1 aliphatic heterocycles. The zero-order valence-electron chi connectivity index (χ0n) is 16.1. The highest BCUT2D eigenvalue weighted by molar-refractivity contribution is 9.10. The second-order valence-corrected chi connectivity index (χ2v) is 8.14. The third-order valence-corrected chi connectivity index (χ3v) is 5.60. The average molecular weight is 458 g/mol. The topological polar surface area (TPSA) is 80.5 Å². The molecule has 1 aliphatic rings. The minimum atomic E-state index is -0.384. The van der Waals surface area contributed by atoms with E-state index in [4.69, 9.17) is 4.74 Å². The predicted octanol–water partition coefficient (Wildman–Crippen LogP) is 2.87. The van der Waals surface area contributed by atoms with E-state index in [0.29, 0.717) is 19.0 Å². The number of pyridine rings is 1. The lowest BCUT2D eigenvalue weighted by atomic mass is 9.97. The molecule has 0 radical (unpaired) electrons. The van der Waals surface area contributed by atoms with Crippen molar-refractivity contribution < 1.29 is 9.53 Å². The van der Waals surface area contributed by atoms with Crippen molar-refractivity contribution >= 4 is 27.5 Å². The summed E-state index contributed by atoms with van der Waals surface area (Å²) in [7, 11) is 0. The summed E-state index contributed by atoms with van der Waals surface area (Å²) in [5.74, 6) is 0.724. The standard InChI is InChI=1S/C21H24BrN5O2/c22-17-6-7-19-25-26-20(27(19)12-17)18(14-29-13-15-4-2-1-3-5-15)24-21(28)16-8-10-23-11-9-16/h1-7,12,16,18,23H,8-11,13-14H2,(H,24,28)/t18-/m1/s1. The van der Waals surface area contributed by atoms with E-state index in [9.17, 15) is 4.79 Å². The van der Waals surface area contributed by atoms with Gasteiger partial charge in [0.1, 0.15) is 6.04 Å². The number of hydrogen-bond donors (Lipinski definition) is 2. The molecule has 1 aromatic carbocycles. The van der Waals surface area contributed by atoms with Gasteiger partial charge in [0.05, 0.1) is 13.2 Å². The fourth-order valence-electron chi connectivity index (χ4n) is 3.54. The molecule has 3 heterocycles. The number of hydrogen-bond acceptors (Lipinski definition) is 5. The van der Waals surface area contributed by atoms with Gasteiger partial charge in [0.2, 0.25) is 5.91 Å². The summed E-state index contributed by atoms with van der Waals surface area (Å²) < 4.78 is 8.76. The van der Waals surface area contributed by atoms with Crippen molar-refractivity contribution in [1.29, 1.82) is 0 Å². The molecule has 29 heavy (non-hydrogen) atoms. The number of carbonyl (C=O) groups is 1. The van der Waals surface area contributed by atoms with Gasteiger partial charge in [-0.3, -0.25) is 9.20 Å². The summed E-state index contributed by atoms with van der Waals surface area (Å²) in [6.45, 7) is 2.53. The maximum absolute atomic E-state index is 12.9. The molecule has 4 rings (SSSR count). The van der Waals surface area contributed by atoms with Crippen LogP contribution in [0.15, 0.2) is 53.1 Å². The van der Waals surface area contributed by atoms with Gasteiger partial charge in [-0.1, -0.05) is 30.3 Å². The maximum atomic E-state index is 12.9. The van der Waals surface area contributed by atoms with E-state index in [-0.39, 0.29) is 17.9 Å². The normalized spacial score (nSPS) is 16.0. The van der Waals surface area contributed by atoms with Gasteiger partial charge >= 0.3 is 0 Å². The van der Waals surface area contributed by atoms with Crippen LogP contribution in [0.25, 0.3) is 5.65 Å². The number of amides is 1. The Morgan fingerprint density at radius 1 is 1.21 bits per heavy atom. The number of carbonyl (C=O) groups excluding carboxylic acids is 1. The lowest BCUT2D eigenvalue weighted by Crippen LogP contribution is -2.41. The van der Waals surface area contributed by atoms with Crippen LogP contribution >= 0.6 is 15.9 Å². The Balaban J connectivity index is 1.52. The zero-order chi connectivity index (χ0) is 20.1. The van der Waals surface area contributed by atoms with Crippen molar-refractivity contribution in [2.24, 2.45) is 5.92 Å². The smallest absolute Gasteiger partial charge is 0.223 e.